The number of aryl methyl sites for hydroxylation is 2. The number of benzene rings is 1. The summed E-state index contributed by atoms with van der Waals surface area (Å²) in [6.07, 6.45) is 0. The molecule has 2 atom stereocenters. The third-order valence-corrected chi connectivity index (χ3v) is 5.94. The molecule has 1 fully saturated rings. The molecule has 1 aromatic carbocycles. The van der Waals surface area contributed by atoms with E-state index in [0.717, 1.165) is 22.6 Å². The van der Waals surface area contributed by atoms with Crippen molar-refractivity contribution < 1.29 is 4.39 Å². The van der Waals surface area contributed by atoms with E-state index in [1.165, 1.54) is 5.75 Å². The molecule has 2 rings (SSSR count). The van der Waals surface area contributed by atoms with Crippen LogP contribution in [0, 0.1) is 19.7 Å². The Labute approximate surface area is 111 Å². The molecule has 17 heavy (non-hydrogen) atoms. The molecule has 1 nitrogen and oxygen atoms in total. The van der Waals surface area contributed by atoms with Gasteiger partial charge in [0.25, 0.3) is 0 Å². The summed E-state index contributed by atoms with van der Waals surface area (Å²) in [4.78, 5) is 0. The first-order valence-corrected chi connectivity index (χ1v) is 8.01. The van der Waals surface area contributed by atoms with Crippen LogP contribution in [-0.4, -0.2) is 22.5 Å². The van der Waals surface area contributed by atoms with Gasteiger partial charge >= 0.3 is 0 Å². The molecule has 1 heterocycles. The second-order valence-electron chi connectivity index (χ2n) is 4.49. The van der Waals surface area contributed by atoms with Crippen molar-refractivity contribution in [2.45, 2.75) is 25.1 Å². The summed E-state index contributed by atoms with van der Waals surface area (Å²) in [5.41, 5.74) is 8.89. The van der Waals surface area contributed by atoms with Crippen LogP contribution in [0.1, 0.15) is 22.7 Å². The molecule has 0 spiro atoms. The van der Waals surface area contributed by atoms with Crippen molar-refractivity contribution in [3.8, 4) is 0 Å². The lowest BCUT2D eigenvalue weighted by Crippen LogP contribution is -2.30. The van der Waals surface area contributed by atoms with E-state index in [9.17, 15) is 4.39 Å². The summed E-state index contributed by atoms with van der Waals surface area (Å²) in [7, 11) is 0. The van der Waals surface area contributed by atoms with Crippen molar-refractivity contribution in [1.29, 1.82) is 0 Å². The van der Waals surface area contributed by atoms with Crippen LogP contribution in [0.4, 0.5) is 4.39 Å². The molecule has 1 saturated heterocycles. The summed E-state index contributed by atoms with van der Waals surface area (Å²) in [5.74, 6) is 3.18. The summed E-state index contributed by atoms with van der Waals surface area (Å²) in [6.45, 7) is 3.86. The van der Waals surface area contributed by atoms with Gasteiger partial charge in [0.1, 0.15) is 5.82 Å². The Hall–Kier alpha value is -0.190. The maximum atomic E-state index is 14.0. The van der Waals surface area contributed by atoms with Crippen molar-refractivity contribution in [3.05, 3.63) is 34.6 Å². The molecular formula is C13H18FNS2. The van der Waals surface area contributed by atoms with Crippen LogP contribution >= 0.6 is 23.5 Å². The predicted octanol–water partition coefficient (Wildman–Crippen LogP) is 3.29. The van der Waals surface area contributed by atoms with Gasteiger partial charge in [-0.1, -0.05) is 6.07 Å². The van der Waals surface area contributed by atoms with E-state index in [1.807, 2.05) is 43.4 Å². The number of thioether (sulfide) groups is 2. The van der Waals surface area contributed by atoms with Gasteiger partial charge in [0.2, 0.25) is 0 Å². The number of hydrogen-bond acceptors (Lipinski definition) is 3. The van der Waals surface area contributed by atoms with E-state index in [1.54, 1.807) is 6.07 Å². The molecule has 0 amide bonds. The minimum Gasteiger partial charge on any atom is -0.323 e. The fourth-order valence-electron chi connectivity index (χ4n) is 2.25. The van der Waals surface area contributed by atoms with E-state index >= 15 is 0 Å². The highest BCUT2D eigenvalue weighted by molar-refractivity contribution is 8.06. The summed E-state index contributed by atoms with van der Waals surface area (Å²) in [6, 6.07) is 3.41. The lowest BCUT2D eigenvalue weighted by molar-refractivity contribution is 0.576. The number of halogens is 1. The van der Waals surface area contributed by atoms with Crippen molar-refractivity contribution in [2.75, 3.05) is 17.3 Å². The Balaban J connectivity index is 2.26. The maximum absolute atomic E-state index is 14.0. The minimum atomic E-state index is -0.187. The standard InChI is InChI=1S/C13H18FNS2/c1-8-5-9(2)12(10(14)6-8)13(15)11-7-16-3-4-17-11/h5-6,11,13H,3-4,7,15H2,1-2H3. The minimum absolute atomic E-state index is 0.147. The third kappa shape index (κ3) is 2.98. The second-order valence-corrected chi connectivity index (χ2v) is 6.98. The summed E-state index contributed by atoms with van der Waals surface area (Å²) < 4.78 is 14.0. The molecule has 0 radical (unpaired) electrons. The lowest BCUT2D eigenvalue weighted by atomic mass is 9.97. The Morgan fingerprint density at radius 3 is 2.71 bits per heavy atom. The number of nitrogens with two attached hydrogens (primary N) is 1. The highest BCUT2D eigenvalue weighted by Crippen LogP contribution is 2.34. The molecule has 0 bridgehead atoms. The summed E-state index contributed by atoms with van der Waals surface area (Å²) >= 11 is 3.79. The SMILES string of the molecule is Cc1cc(C)c(C(N)C2CSCCS2)c(F)c1. The highest BCUT2D eigenvalue weighted by atomic mass is 32.2. The zero-order valence-electron chi connectivity index (χ0n) is 10.2. The van der Waals surface area contributed by atoms with Crippen LogP contribution in [0.3, 0.4) is 0 Å². The fourth-order valence-corrected chi connectivity index (χ4v) is 5.03. The van der Waals surface area contributed by atoms with Crippen LogP contribution in [0.5, 0.6) is 0 Å². The van der Waals surface area contributed by atoms with Crippen LogP contribution in [-0.2, 0) is 0 Å². The van der Waals surface area contributed by atoms with Gasteiger partial charge in [0, 0.05) is 34.1 Å². The van der Waals surface area contributed by atoms with Crippen LogP contribution in [0.15, 0.2) is 12.1 Å². The Morgan fingerprint density at radius 1 is 1.35 bits per heavy atom. The topological polar surface area (TPSA) is 26.0 Å². The zero-order chi connectivity index (χ0) is 12.4. The van der Waals surface area contributed by atoms with Crippen molar-refractivity contribution in [3.63, 3.8) is 0 Å². The molecular weight excluding hydrogens is 253 g/mol. The third-order valence-electron chi connectivity index (χ3n) is 3.06. The largest absolute Gasteiger partial charge is 0.323 e. The lowest BCUT2D eigenvalue weighted by Gasteiger charge is -2.28. The van der Waals surface area contributed by atoms with Crippen molar-refractivity contribution in [1.82, 2.24) is 0 Å². The smallest absolute Gasteiger partial charge is 0.128 e. The first-order chi connectivity index (χ1) is 8.09. The van der Waals surface area contributed by atoms with Crippen LogP contribution < -0.4 is 5.73 Å². The van der Waals surface area contributed by atoms with E-state index in [2.05, 4.69) is 0 Å². The van der Waals surface area contributed by atoms with Crippen LogP contribution in [0.25, 0.3) is 0 Å². The average Bonchev–Trinajstić information content (AvgIpc) is 2.28. The average molecular weight is 271 g/mol. The first-order valence-electron chi connectivity index (χ1n) is 5.81. The van der Waals surface area contributed by atoms with Crippen LogP contribution in [0.2, 0.25) is 0 Å². The Kier molecular flexibility index (Phi) is 4.39. The molecule has 0 saturated carbocycles. The molecule has 2 N–H and O–H groups in total. The van der Waals surface area contributed by atoms with Gasteiger partial charge in [0.05, 0.1) is 0 Å². The van der Waals surface area contributed by atoms with Gasteiger partial charge in [-0.25, -0.2) is 4.39 Å². The first kappa shape index (κ1) is 13.2. The fraction of sp³-hybridized carbons (Fsp3) is 0.538. The quantitative estimate of drug-likeness (QED) is 0.894. The molecule has 0 aromatic heterocycles. The molecule has 0 aliphatic carbocycles. The van der Waals surface area contributed by atoms with Gasteiger partial charge < -0.3 is 5.73 Å². The second kappa shape index (κ2) is 5.63. The molecule has 1 aromatic rings. The Morgan fingerprint density at radius 2 is 2.12 bits per heavy atom. The van der Waals surface area contributed by atoms with E-state index in [-0.39, 0.29) is 11.9 Å². The normalized spacial score (nSPS) is 22.5. The van der Waals surface area contributed by atoms with Gasteiger partial charge in [-0.3, -0.25) is 0 Å². The van der Waals surface area contributed by atoms with Gasteiger partial charge in [-0.2, -0.15) is 23.5 Å². The highest BCUT2D eigenvalue weighted by Gasteiger charge is 2.26. The van der Waals surface area contributed by atoms with Gasteiger partial charge in [-0.15, -0.1) is 0 Å². The number of hydrogen-bond donors (Lipinski definition) is 1. The predicted molar refractivity (Wildman–Crippen MR) is 76.4 cm³/mol. The number of rotatable bonds is 2. The van der Waals surface area contributed by atoms with E-state index in [4.69, 9.17) is 5.73 Å². The molecule has 2 unspecified atom stereocenters. The summed E-state index contributed by atoms with van der Waals surface area (Å²) in [5, 5.41) is 0.338. The molecule has 94 valence electrons. The molecule has 1 aliphatic rings. The van der Waals surface area contributed by atoms with Gasteiger partial charge in [-0.05, 0) is 31.0 Å². The van der Waals surface area contributed by atoms with E-state index in [0.29, 0.717) is 10.8 Å². The molecule has 4 heteroatoms. The van der Waals surface area contributed by atoms with Crippen molar-refractivity contribution >= 4 is 23.5 Å². The van der Waals surface area contributed by atoms with E-state index < -0.39 is 0 Å². The van der Waals surface area contributed by atoms with Crippen molar-refractivity contribution in [2.24, 2.45) is 5.73 Å². The zero-order valence-corrected chi connectivity index (χ0v) is 11.8. The Bertz CT molecular complexity index is 379. The monoisotopic (exact) mass is 271 g/mol. The molecule has 1 aliphatic heterocycles. The maximum Gasteiger partial charge on any atom is 0.128 e. The van der Waals surface area contributed by atoms with Gasteiger partial charge in [0.15, 0.2) is 0 Å².